The van der Waals surface area contributed by atoms with E-state index in [4.69, 9.17) is 0 Å². The highest BCUT2D eigenvalue weighted by Crippen LogP contribution is 2.47. The maximum atomic E-state index is 3.75. The third-order valence-electron chi connectivity index (χ3n) is 5.85. The molecule has 0 aliphatic heterocycles. The van der Waals surface area contributed by atoms with Crippen LogP contribution in [-0.4, -0.2) is 12.1 Å². The molecule has 1 heteroatoms. The van der Waals surface area contributed by atoms with E-state index in [-0.39, 0.29) is 5.54 Å². The van der Waals surface area contributed by atoms with Crippen LogP contribution in [0.4, 0.5) is 0 Å². The molecule has 1 N–H and O–H groups in total. The lowest BCUT2D eigenvalue weighted by molar-refractivity contribution is 0.417. The second-order valence-electron chi connectivity index (χ2n) is 8.52. The molecule has 0 aromatic heterocycles. The lowest BCUT2D eigenvalue weighted by Crippen LogP contribution is -2.38. The van der Waals surface area contributed by atoms with Gasteiger partial charge >= 0.3 is 0 Å². The number of fused-ring (bicyclic) bond motifs is 6. The Kier molecular flexibility index (Phi) is 3.27. The van der Waals surface area contributed by atoms with Crippen LogP contribution < -0.4 is 5.32 Å². The van der Waals surface area contributed by atoms with E-state index in [1.807, 2.05) is 0 Å². The van der Waals surface area contributed by atoms with Gasteiger partial charge in [0.25, 0.3) is 0 Å². The van der Waals surface area contributed by atoms with E-state index in [1.54, 1.807) is 39.0 Å². The van der Waals surface area contributed by atoms with Crippen molar-refractivity contribution in [1.82, 2.24) is 5.32 Å². The molecule has 0 saturated heterocycles. The van der Waals surface area contributed by atoms with Gasteiger partial charge in [-0.3, -0.25) is 0 Å². The van der Waals surface area contributed by atoms with Crippen LogP contribution in [-0.2, 0) is 25.7 Å². The summed E-state index contributed by atoms with van der Waals surface area (Å²) in [4.78, 5) is 0. The summed E-state index contributed by atoms with van der Waals surface area (Å²) in [5, 5.41) is 3.75. The summed E-state index contributed by atoms with van der Waals surface area (Å²) in [6, 6.07) is 0. The van der Waals surface area contributed by atoms with Crippen molar-refractivity contribution in [2.45, 2.75) is 77.7 Å². The van der Waals surface area contributed by atoms with Gasteiger partial charge in [-0.2, -0.15) is 0 Å². The molecular weight excluding hydrogens is 266 g/mol. The third kappa shape index (κ3) is 2.17. The first-order valence-corrected chi connectivity index (χ1v) is 9.08. The van der Waals surface area contributed by atoms with Crippen LogP contribution in [0.15, 0.2) is 5.57 Å². The minimum absolute atomic E-state index is 0.197. The minimum Gasteiger partial charge on any atom is -0.311 e. The van der Waals surface area contributed by atoms with Gasteiger partial charge in [0.2, 0.25) is 0 Å². The molecule has 1 atom stereocenters. The fourth-order valence-corrected chi connectivity index (χ4v) is 4.86. The van der Waals surface area contributed by atoms with Gasteiger partial charge in [-0.25, -0.2) is 0 Å². The van der Waals surface area contributed by atoms with Crippen LogP contribution in [0, 0.1) is 0 Å². The van der Waals surface area contributed by atoms with E-state index >= 15 is 0 Å². The summed E-state index contributed by atoms with van der Waals surface area (Å²) in [6.45, 7) is 10.3. The van der Waals surface area contributed by atoms with Crippen molar-refractivity contribution in [3.8, 4) is 0 Å². The number of hydrogen-bond acceptors (Lipinski definition) is 1. The Morgan fingerprint density at radius 3 is 2.23 bits per heavy atom. The van der Waals surface area contributed by atoms with Crippen molar-refractivity contribution >= 4 is 6.08 Å². The molecule has 3 aliphatic carbocycles. The van der Waals surface area contributed by atoms with E-state index in [0.29, 0.717) is 5.92 Å². The molecule has 1 aromatic carbocycles. The fourth-order valence-electron chi connectivity index (χ4n) is 4.86. The normalized spacial score (nSPS) is 22.5. The summed E-state index contributed by atoms with van der Waals surface area (Å²) >= 11 is 0. The van der Waals surface area contributed by atoms with Crippen LogP contribution in [0.25, 0.3) is 6.08 Å². The summed E-state index contributed by atoms with van der Waals surface area (Å²) in [5.74, 6) is 0.604. The molecule has 1 unspecified atom stereocenters. The van der Waals surface area contributed by atoms with Gasteiger partial charge in [0.05, 0.1) is 0 Å². The molecule has 22 heavy (non-hydrogen) atoms. The van der Waals surface area contributed by atoms with Crippen LogP contribution >= 0.6 is 0 Å². The van der Waals surface area contributed by atoms with Crippen molar-refractivity contribution in [3.63, 3.8) is 0 Å². The molecule has 0 radical (unpaired) electrons. The van der Waals surface area contributed by atoms with Crippen molar-refractivity contribution in [2.24, 2.45) is 0 Å². The highest BCUT2D eigenvalue weighted by Gasteiger charge is 2.34. The Hall–Kier alpha value is -1.08. The Labute approximate surface area is 135 Å². The van der Waals surface area contributed by atoms with Crippen LogP contribution in [0.3, 0.4) is 0 Å². The number of hydrogen-bond donors (Lipinski definition) is 1. The molecule has 0 heterocycles. The van der Waals surface area contributed by atoms with Gasteiger partial charge in [-0.15, -0.1) is 0 Å². The Morgan fingerprint density at radius 1 is 0.955 bits per heavy atom. The molecule has 0 bridgehead atoms. The standard InChI is InChI=1S/C21H29N/c1-13-11-18-16-9-5-7-14(16)15-8-6-10-17(15)20(18)19(13)12-22-21(2,3)4/h11,19,22H,5-10,12H2,1-4H3. The zero-order valence-electron chi connectivity index (χ0n) is 14.6. The molecule has 1 aromatic rings. The van der Waals surface area contributed by atoms with Gasteiger partial charge in [-0.05, 0) is 99.6 Å². The van der Waals surface area contributed by atoms with Crippen LogP contribution in [0.2, 0.25) is 0 Å². The molecule has 0 saturated carbocycles. The number of benzene rings is 1. The largest absolute Gasteiger partial charge is 0.311 e. The molecule has 4 rings (SSSR count). The zero-order chi connectivity index (χ0) is 15.5. The van der Waals surface area contributed by atoms with Crippen molar-refractivity contribution in [1.29, 1.82) is 0 Å². The van der Waals surface area contributed by atoms with Crippen LogP contribution in [0.1, 0.15) is 79.8 Å². The van der Waals surface area contributed by atoms with Gasteiger partial charge in [-0.1, -0.05) is 11.6 Å². The van der Waals surface area contributed by atoms with Gasteiger partial charge in [0.15, 0.2) is 0 Å². The van der Waals surface area contributed by atoms with E-state index < -0.39 is 0 Å². The van der Waals surface area contributed by atoms with Gasteiger partial charge in [0, 0.05) is 18.0 Å². The van der Waals surface area contributed by atoms with E-state index in [1.165, 1.54) is 38.5 Å². The lowest BCUT2D eigenvalue weighted by atomic mass is 9.85. The first-order valence-electron chi connectivity index (χ1n) is 9.08. The SMILES string of the molecule is CC1=Cc2c3c(c4c(c2C1CNC(C)(C)C)CCC4)CCC3. The van der Waals surface area contributed by atoms with Crippen LogP contribution in [0.5, 0.6) is 0 Å². The second kappa shape index (κ2) is 4.96. The van der Waals surface area contributed by atoms with E-state index in [2.05, 4.69) is 39.1 Å². The predicted octanol–water partition coefficient (Wildman–Crippen LogP) is 4.55. The smallest absolute Gasteiger partial charge is 0.0183 e. The lowest BCUT2D eigenvalue weighted by Gasteiger charge is -2.26. The summed E-state index contributed by atoms with van der Waals surface area (Å²) in [7, 11) is 0. The number of nitrogens with one attached hydrogen (secondary N) is 1. The Balaban J connectivity index is 1.80. The van der Waals surface area contributed by atoms with Crippen molar-refractivity contribution < 1.29 is 0 Å². The minimum atomic E-state index is 0.197. The number of rotatable bonds is 2. The average molecular weight is 295 g/mol. The highest BCUT2D eigenvalue weighted by molar-refractivity contribution is 5.74. The molecule has 0 spiro atoms. The van der Waals surface area contributed by atoms with E-state index in [9.17, 15) is 0 Å². The monoisotopic (exact) mass is 295 g/mol. The second-order valence-corrected chi connectivity index (χ2v) is 8.52. The summed E-state index contributed by atoms with van der Waals surface area (Å²) < 4.78 is 0. The Bertz CT molecular complexity index is 658. The summed E-state index contributed by atoms with van der Waals surface area (Å²) in [6.07, 6.45) is 10.6. The molecule has 3 aliphatic rings. The summed E-state index contributed by atoms with van der Waals surface area (Å²) in [5.41, 5.74) is 12.1. The quantitative estimate of drug-likeness (QED) is 0.844. The predicted molar refractivity (Wildman–Crippen MR) is 94.6 cm³/mol. The van der Waals surface area contributed by atoms with Crippen molar-refractivity contribution in [2.75, 3.05) is 6.54 Å². The van der Waals surface area contributed by atoms with Crippen molar-refractivity contribution in [3.05, 3.63) is 39.0 Å². The maximum absolute atomic E-state index is 3.75. The van der Waals surface area contributed by atoms with Gasteiger partial charge < -0.3 is 5.32 Å². The molecule has 118 valence electrons. The third-order valence-corrected chi connectivity index (χ3v) is 5.85. The highest BCUT2D eigenvalue weighted by atomic mass is 14.9. The average Bonchev–Trinajstić information content (AvgIpc) is 3.11. The Morgan fingerprint density at radius 2 is 1.55 bits per heavy atom. The van der Waals surface area contributed by atoms with Gasteiger partial charge in [0.1, 0.15) is 0 Å². The molecular formula is C21H29N. The molecule has 1 nitrogen and oxygen atoms in total. The zero-order valence-corrected chi connectivity index (χ0v) is 14.6. The first-order chi connectivity index (χ1) is 10.5. The maximum Gasteiger partial charge on any atom is 0.0183 e. The molecule has 0 fully saturated rings. The fraction of sp³-hybridized carbons (Fsp3) is 0.619. The topological polar surface area (TPSA) is 12.0 Å². The molecule has 0 amide bonds. The van der Waals surface area contributed by atoms with E-state index in [0.717, 1.165) is 6.54 Å². The first kappa shape index (κ1) is 14.5.